The summed E-state index contributed by atoms with van der Waals surface area (Å²) in [4.78, 5) is 74.4. The van der Waals surface area contributed by atoms with Gasteiger partial charge < -0.3 is 28.5 Å². The Balaban J connectivity index is 1.47. The van der Waals surface area contributed by atoms with Crippen molar-refractivity contribution in [3.05, 3.63) is 215 Å². The highest BCUT2D eigenvalue weighted by Gasteiger charge is 2.43. The number of hydrogen-bond acceptors (Lipinski definition) is 12. The van der Waals surface area contributed by atoms with Crippen LogP contribution in [-0.2, 0) is 35.1 Å². The van der Waals surface area contributed by atoms with Crippen LogP contribution in [0.25, 0.3) is 0 Å². The van der Waals surface area contributed by atoms with Gasteiger partial charge in [0.25, 0.3) is 0 Å². The average molecular weight is 806 g/mol. The minimum absolute atomic E-state index is 0.0775. The lowest BCUT2D eigenvalue weighted by molar-refractivity contribution is -0.0880. The van der Waals surface area contributed by atoms with Crippen LogP contribution in [0.5, 0.6) is 0 Å². The third kappa shape index (κ3) is 12.1. The van der Waals surface area contributed by atoms with Crippen LogP contribution in [0.15, 0.2) is 187 Å². The minimum Gasteiger partial charge on any atom is -0.458 e. The Hall–Kier alpha value is -7.86. The Kier molecular flexibility index (Phi) is 15.0. The molecule has 0 aromatic heterocycles. The topological polar surface area (TPSA) is 153 Å². The quantitative estimate of drug-likeness (QED) is 0.0360. The maximum absolute atomic E-state index is 14.0. The zero-order chi connectivity index (χ0) is 41.9. The van der Waals surface area contributed by atoms with Crippen molar-refractivity contribution in [2.75, 3.05) is 13.2 Å². The van der Waals surface area contributed by atoms with E-state index in [1.165, 1.54) is 48.5 Å². The van der Waals surface area contributed by atoms with E-state index in [1.807, 2.05) is 6.07 Å². The van der Waals surface area contributed by atoms with Gasteiger partial charge in [-0.1, -0.05) is 126 Å². The first-order chi connectivity index (χ1) is 29.4. The van der Waals surface area contributed by atoms with Crippen LogP contribution in [0.4, 0.5) is 0 Å². The second-order valence-corrected chi connectivity index (χ2v) is 13.0. The first kappa shape index (κ1) is 41.8. The van der Waals surface area contributed by atoms with Crippen molar-refractivity contribution in [2.45, 2.75) is 24.9 Å². The van der Waals surface area contributed by atoms with Crippen LogP contribution in [0.2, 0.25) is 0 Å². The molecule has 0 N–H and O–H groups in total. The molecule has 6 aromatic rings. The van der Waals surface area contributed by atoms with Crippen molar-refractivity contribution in [2.24, 2.45) is 5.16 Å². The van der Waals surface area contributed by atoms with Gasteiger partial charge in [-0.25, -0.2) is 24.0 Å². The summed E-state index contributed by atoms with van der Waals surface area (Å²) in [5.74, 6) is -4.29. The second kappa shape index (κ2) is 21.6. The van der Waals surface area contributed by atoms with E-state index in [2.05, 4.69) is 5.16 Å². The number of nitrogens with zero attached hydrogens (tertiary/aromatic N) is 1. The number of carbonyl (C=O) groups excluding carboxylic acids is 5. The molecule has 0 unspecified atom stereocenters. The summed E-state index contributed by atoms with van der Waals surface area (Å²) in [5, 5.41) is 4.32. The first-order valence-corrected chi connectivity index (χ1v) is 18.8. The summed E-state index contributed by atoms with van der Waals surface area (Å²) < 4.78 is 29.7. The number of ether oxygens (including phenoxy) is 5. The highest BCUT2D eigenvalue weighted by atomic mass is 16.6. The lowest BCUT2D eigenvalue weighted by atomic mass is 10.0. The summed E-state index contributed by atoms with van der Waals surface area (Å²) in [6.07, 6.45) is -5.32. The highest BCUT2D eigenvalue weighted by molar-refractivity contribution is 5.98. The Labute approximate surface area is 345 Å². The molecular weight excluding hydrogens is 767 g/mol. The van der Waals surface area contributed by atoms with Crippen LogP contribution in [0.1, 0.15) is 57.4 Å². The smallest absolute Gasteiger partial charge is 0.338 e. The molecule has 60 heavy (non-hydrogen) atoms. The third-order valence-electron chi connectivity index (χ3n) is 8.76. The molecule has 6 aromatic carbocycles. The lowest BCUT2D eigenvalue weighted by Gasteiger charge is -2.32. The number of hydrogen-bond donors (Lipinski definition) is 0. The lowest BCUT2D eigenvalue weighted by Crippen LogP contribution is -2.52. The van der Waals surface area contributed by atoms with Gasteiger partial charge in [0.2, 0.25) is 0 Å². The van der Waals surface area contributed by atoms with Gasteiger partial charge in [-0.3, -0.25) is 0 Å². The summed E-state index contributed by atoms with van der Waals surface area (Å²) in [6, 6.07) is 49.0. The van der Waals surface area contributed by atoms with Crippen LogP contribution in [0.3, 0.4) is 0 Å². The fourth-order valence-electron chi connectivity index (χ4n) is 5.69. The number of esters is 5. The molecule has 0 aliphatic carbocycles. The summed E-state index contributed by atoms with van der Waals surface area (Å²) in [6.45, 7) is -1.45. The third-order valence-corrected chi connectivity index (χ3v) is 8.76. The number of oxime groups is 1. The zero-order valence-electron chi connectivity index (χ0n) is 32.1. The van der Waals surface area contributed by atoms with Gasteiger partial charge in [0.05, 0.1) is 27.8 Å². The van der Waals surface area contributed by atoms with Gasteiger partial charge in [-0.15, -0.1) is 0 Å². The molecule has 0 aliphatic rings. The Morgan fingerprint density at radius 1 is 0.417 bits per heavy atom. The maximum Gasteiger partial charge on any atom is 0.338 e. The van der Waals surface area contributed by atoms with E-state index >= 15 is 0 Å². The maximum atomic E-state index is 14.0. The number of rotatable bonds is 18. The van der Waals surface area contributed by atoms with Crippen molar-refractivity contribution in [3.63, 3.8) is 0 Å². The van der Waals surface area contributed by atoms with Gasteiger partial charge in [0, 0.05) is 0 Å². The van der Waals surface area contributed by atoms with E-state index in [0.717, 1.165) is 0 Å². The molecule has 0 fully saturated rings. The molecule has 0 saturated carbocycles. The molecule has 0 heterocycles. The van der Waals surface area contributed by atoms with E-state index in [9.17, 15) is 24.0 Å². The van der Waals surface area contributed by atoms with Crippen molar-refractivity contribution in [3.8, 4) is 0 Å². The predicted molar refractivity (Wildman–Crippen MR) is 219 cm³/mol. The number of benzene rings is 6. The van der Waals surface area contributed by atoms with E-state index in [-0.39, 0.29) is 40.1 Å². The fraction of sp³-hybridized carbons (Fsp3) is 0.125. The first-order valence-electron chi connectivity index (χ1n) is 18.8. The highest BCUT2D eigenvalue weighted by Crippen LogP contribution is 2.22. The Morgan fingerprint density at radius 3 is 1.23 bits per heavy atom. The molecule has 0 aliphatic heterocycles. The van der Waals surface area contributed by atoms with Gasteiger partial charge in [0.1, 0.15) is 25.5 Å². The van der Waals surface area contributed by atoms with Gasteiger partial charge in [-0.05, 0) is 66.2 Å². The standard InChI is InChI=1S/C48H39NO11/c50-44(35-21-9-2-10-22-35)55-32-40(49-57-31-34-19-7-1-8-20-34)42(59-47(53)38-27-15-5-16-28-38)43(60-48(54)39-29-17-6-18-30-39)41(58-46(52)37-25-13-4-14-26-37)33-56-45(51)36-23-11-3-12-24-36/h1-30,41-43H,31-33H2/b49-40-/t41-,42-,43-/m1/s1. The van der Waals surface area contributed by atoms with E-state index in [4.69, 9.17) is 28.5 Å². The molecule has 0 amide bonds. The van der Waals surface area contributed by atoms with Crippen LogP contribution < -0.4 is 0 Å². The van der Waals surface area contributed by atoms with Gasteiger partial charge in [0.15, 0.2) is 18.3 Å². The normalized spacial score (nSPS) is 12.4. The molecule has 0 radical (unpaired) electrons. The zero-order valence-corrected chi connectivity index (χ0v) is 32.1. The van der Waals surface area contributed by atoms with E-state index in [0.29, 0.717) is 5.56 Å². The van der Waals surface area contributed by atoms with Crippen LogP contribution in [-0.4, -0.2) is 67.1 Å². The summed E-state index contributed by atoms with van der Waals surface area (Å²) in [5.41, 5.74) is 1.12. The number of carbonyl (C=O) groups is 5. The van der Waals surface area contributed by atoms with Crippen LogP contribution in [0, 0.1) is 0 Å². The van der Waals surface area contributed by atoms with Crippen molar-refractivity contribution in [1.82, 2.24) is 0 Å². The predicted octanol–water partition coefficient (Wildman–Crippen LogP) is 7.95. The Morgan fingerprint density at radius 2 is 0.783 bits per heavy atom. The SMILES string of the molecule is O=C(OC/C(=N/OCc1ccccc1)[C@@H](OC(=O)c1ccccc1)[C@H](OC(=O)c1ccccc1)[C@@H](COC(=O)c1ccccc1)OC(=O)c1ccccc1)c1ccccc1. The van der Waals surface area contributed by atoms with E-state index in [1.54, 1.807) is 127 Å². The second-order valence-electron chi connectivity index (χ2n) is 13.0. The Bertz CT molecular complexity index is 2340. The van der Waals surface area contributed by atoms with Crippen molar-refractivity contribution < 1.29 is 52.5 Å². The monoisotopic (exact) mass is 805 g/mol. The summed E-state index contributed by atoms with van der Waals surface area (Å²) >= 11 is 0. The fourth-order valence-corrected chi connectivity index (χ4v) is 5.69. The largest absolute Gasteiger partial charge is 0.458 e. The molecule has 6 rings (SSSR count). The molecule has 302 valence electrons. The molecule has 12 heteroatoms. The molecule has 0 spiro atoms. The molecule has 3 atom stereocenters. The molecule has 0 bridgehead atoms. The van der Waals surface area contributed by atoms with Crippen LogP contribution >= 0.6 is 0 Å². The minimum atomic E-state index is -1.82. The molecule has 12 nitrogen and oxygen atoms in total. The van der Waals surface area contributed by atoms with Gasteiger partial charge in [-0.2, -0.15) is 0 Å². The van der Waals surface area contributed by atoms with Gasteiger partial charge >= 0.3 is 29.8 Å². The van der Waals surface area contributed by atoms with Crippen molar-refractivity contribution >= 4 is 35.6 Å². The molecular formula is C48H39NO11. The summed E-state index contributed by atoms with van der Waals surface area (Å²) in [7, 11) is 0. The molecule has 0 saturated heterocycles. The average Bonchev–Trinajstić information content (AvgIpc) is 3.31. The van der Waals surface area contributed by atoms with E-state index < -0.39 is 61.4 Å². The van der Waals surface area contributed by atoms with Crippen molar-refractivity contribution in [1.29, 1.82) is 0 Å².